The fraction of sp³-hybridized carbons (Fsp3) is 0.235. The van der Waals surface area contributed by atoms with Gasteiger partial charge < -0.3 is 4.42 Å². The molecule has 0 saturated carbocycles. The van der Waals surface area contributed by atoms with Crippen LogP contribution in [-0.4, -0.2) is 13.0 Å². The average Bonchev–Trinajstić information content (AvgIpc) is 2.85. The largest absolute Gasteiger partial charge is 0.419 e. The molecule has 0 spiro atoms. The highest BCUT2D eigenvalue weighted by Crippen LogP contribution is 2.28. The van der Waals surface area contributed by atoms with Crippen molar-refractivity contribution < 1.29 is 12.8 Å². The summed E-state index contributed by atoms with van der Waals surface area (Å²) >= 11 is 6.05. The fourth-order valence-electron chi connectivity index (χ4n) is 2.70. The number of aryl methyl sites for hydroxylation is 2. The summed E-state index contributed by atoms with van der Waals surface area (Å²) in [7, 11) is -3.86. The molecule has 1 heterocycles. The molecule has 0 fully saturated rings. The van der Waals surface area contributed by atoms with Crippen LogP contribution >= 0.6 is 11.6 Å². The number of nitrogens with zero attached hydrogens (tertiary/aromatic N) is 1. The highest BCUT2D eigenvalue weighted by Gasteiger charge is 2.21. The third-order valence-corrected chi connectivity index (χ3v) is 6.00. The van der Waals surface area contributed by atoms with Crippen molar-refractivity contribution in [3.63, 3.8) is 0 Å². The van der Waals surface area contributed by atoms with Gasteiger partial charge in [0.2, 0.25) is 0 Å². The molecule has 0 aliphatic carbocycles. The lowest BCUT2D eigenvalue weighted by Gasteiger charge is -2.13. The molecule has 0 amide bonds. The van der Waals surface area contributed by atoms with Crippen LogP contribution in [0, 0.1) is 13.8 Å². The maximum Gasteiger partial charge on any atom is 0.419 e. The maximum absolute atomic E-state index is 12.8. The zero-order valence-corrected chi connectivity index (χ0v) is 15.5. The number of oxazole rings is 1. The number of anilines is 1. The van der Waals surface area contributed by atoms with Crippen molar-refractivity contribution in [2.24, 2.45) is 0 Å². The van der Waals surface area contributed by atoms with Gasteiger partial charge in [-0.3, -0.25) is 9.29 Å². The molecule has 3 rings (SSSR count). The molecule has 0 atom stereocenters. The van der Waals surface area contributed by atoms with E-state index in [0.717, 1.165) is 0 Å². The lowest BCUT2D eigenvalue weighted by molar-refractivity contribution is 0.512. The molecule has 0 aliphatic rings. The summed E-state index contributed by atoms with van der Waals surface area (Å²) in [5, 5.41) is 0.471. The van der Waals surface area contributed by atoms with E-state index < -0.39 is 15.8 Å². The highest BCUT2D eigenvalue weighted by molar-refractivity contribution is 7.92. The average molecular weight is 381 g/mol. The Labute approximate surface area is 150 Å². The molecule has 25 heavy (non-hydrogen) atoms. The molecule has 0 saturated heterocycles. The standard InChI is InChI=1S/C17H17ClN2O4S/c1-4-20-14-8-10(2)16(9-15(14)24-17(20)21)25(22,23)19-13-7-5-6-12(18)11(13)3/h5-9,19H,4H2,1-3H3. The molecular weight excluding hydrogens is 364 g/mol. The maximum atomic E-state index is 12.8. The highest BCUT2D eigenvalue weighted by atomic mass is 35.5. The first-order chi connectivity index (χ1) is 11.7. The van der Waals surface area contributed by atoms with Crippen molar-refractivity contribution in [1.82, 2.24) is 4.57 Å². The van der Waals surface area contributed by atoms with Gasteiger partial charge in [-0.05, 0) is 50.1 Å². The summed E-state index contributed by atoms with van der Waals surface area (Å²) in [6.07, 6.45) is 0. The van der Waals surface area contributed by atoms with Gasteiger partial charge in [0.25, 0.3) is 10.0 Å². The lowest BCUT2D eigenvalue weighted by atomic mass is 10.2. The van der Waals surface area contributed by atoms with Gasteiger partial charge in [-0.2, -0.15) is 0 Å². The number of hydrogen-bond acceptors (Lipinski definition) is 4. The minimum atomic E-state index is -3.86. The van der Waals surface area contributed by atoms with E-state index in [2.05, 4.69) is 4.72 Å². The monoisotopic (exact) mass is 380 g/mol. The van der Waals surface area contributed by atoms with Crippen molar-refractivity contribution in [2.45, 2.75) is 32.2 Å². The molecule has 2 aromatic carbocycles. The summed E-state index contributed by atoms with van der Waals surface area (Å²) in [4.78, 5) is 11.9. The van der Waals surface area contributed by atoms with Gasteiger partial charge in [0.1, 0.15) is 0 Å². The number of aromatic nitrogens is 1. The normalized spacial score (nSPS) is 11.8. The van der Waals surface area contributed by atoms with E-state index in [1.165, 1.54) is 10.6 Å². The van der Waals surface area contributed by atoms with Gasteiger partial charge in [0.15, 0.2) is 5.58 Å². The number of sulfonamides is 1. The van der Waals surface area contributed by atoms with Gasteiger partial charge in [-0.25, -0.2) is 13.2 Å². The second-order valence-corrected chi connectivity index (χ2v) is 7.77. The number of halogens is 1. The second kappa shape index (κ2) is 6.24. The van der Waals surface area contributed by atoms with Crippen molar-refractivity contribution >= 4 is 38.4 Å². The van der Waals surface area contributed by atoms with Crippen LogP contribution in [0.15, 0.2) is 44.4 Å². The van der Waals surface area contributed by atoms with Crippen LogP contribution in [0.2, 0.25) is 5.02 Å². The van der Waals surface area contributed by atoms with Gasteiger partial charge in [0, 0.05) is 17.6 Å². The Hall–Kier alpha value is -2.25. The number of fused-ring (bicyclic) bond motifs is 1. The summed E-state index contributed by atoms with van der Waals surface area (Å²) < 4.78 is 34.8. The zero-order valence-electron chi connectivity index (χ0n) is 14.0. The number of benzene rings is 2. The van der Waals surface area contributed by atoms with Crippen LogP contribution in [0.25, 0.3) is 11.1 Å². The van der Waals surface area contributed by atoms with Crippen molar-refractivity contribution in [2.75, 3.05) is 4.72 Å². The molecule has 1 N–H and O–H groups in total. The first kappa shape index (κ1) is 17.6. The second-order valence-electron chi connectivity index (χ2n) is 5.72. The quantitative estimate of drug-likeness (QED) is 0.748. The van der Waals surface area contributed by atoms with Gasteiger partial charge >= 0.3 is 5.76 Å². The predicted molar refractivity (Wildman–Crippen MR) is 97.9 cm³/mol. The molecule has 3 aromatic rings. The molecule has 0 radical (unpaired) electrons. The van der Waals surface area contributed by atoms with Gasteiger partial charge in [-0.1, -0.05) is 17.7 Å². The minimum absolute atomic E-state index is 0.0522. The fourth-order valence-corrected chi connectivity index (χ4v) is 4.24. The molecule has 0 bridgehead atoms. The summed E-state index contributed by atoms with van der Waals surface area (Å²) in [5.41, 5.74) is 2.36. The summed E-state index contributed by atoms with van der Waals surface area (Å²) in [6, 6.07) is 8.02. The number of hydrogen-bond donors (Lipinski definition) is 1. The molecular formula is C17H17ClN2O4S. The van der Waals surface area contributed by atoms with Crippen molar-refractivity contribution in [3.8, 4) is 0 Å². The Morgan fingerprint density at radius 3 is 2.64 bits per heavy atom. The number of nitrogens with one attached hydrogen (secondary N) is 1. The van der Waals surface area contributed by atoms with E-state index in [1.807, 2.05) is 6.92 Å². The van der Waals surface area contributed by atoms with Crippen molar-refractivity contribution in [1.29, 1.82) is 0 Å². The number of rotatable bonds is 4. The van der Waals surface area contributed by atoms with Crippen LogP contribution in [0.1, 0.15) is 18.1 Å². The van der Waals surface area contributed by atoms with E-state index >= 15 is 0 Å². The summed E-state index contributed by atoms with van der Waals surface area (Å²) in [5.74, 6) is -0.509. The van der Waals surface area contributed by atoms with E-state index in [-0.39, 0.29) is 10.5 Å². The summed E-state index contributed by atoms with van der Waals surface area (Å²) in [6.45, 7) is 5.67. The minimum Gasteiger partial charge on any atom is -0.408 e. The van der Waals surface area contributed by atoms with Gasteiger partial charge in [-0.15, -0.1) is 0 Å². The van der Waals surface area contributed by atoms with Crippen LogP contribution in [0.3, 0.4) is 0 Å². The van der Waals surface area contributed by atoms with E-state index in [0.29, 0.717) is 33.9 Å². The smallest absolute Gasteiger partial charge is 0.408 e. The molecule has 132 valence electrons. The molecule has 0 aliphatic heterocycles. The first-order valence-corrected chi connectivity index (χ1v) is 9.52. The van der Waals surface area contributed by atoms with E-state index in [4.69, 9.17) is 16.0 Å². The third-order valence-electron chi connectivity index (χ3n) is 4.08. The lowest BCUT2D eigenvalue weighted by Crippen LogP contribution is -2.15. The predicted octanol–water partition coefficient (Wildman–Crippen LogP) is 3.69. The van der Waals surface area contributed by atoms with E-state index in [1.54, 1.807) is 38.1 Å². The molecule has 1 aromatic heterocycles. The van der Waals surface area contributed by atoms with Crippen molar-refractivity contribution in [3.05, 3.63) is 57.0 Å². The SMILES string of the molecule is CCn1c(=O)oc2cc(S(=O)(=O)Nc3cccc(Cl)c3C)c(C)cc21. The Bertz CT molecular complexity index is 1130. The molecule has 8 heteroatoms. The first-order valence-electron chi connectivity index (χ1n) is 7.66. The Balaban J connectivity index is 2.12. The third kappa shape index (κ3) is 3.05. The van der Waals surface area contributed by atoms with E-state index in [9.17, 15) is 13.2 Å². The Kier molecular flexibility index (Phi) is 4.38. The topological polar surface area (TPSA) is 81.3 Å². The van der Waals surface area contributed by atoms with Crippen LogP contribution < -0.4 is 10.5 Å². The Morgan fingerprint density at radius 1 is 1.24 bits per heavy atom. The van der Waals surface area contributed by atoms with Crippen LogP contribution in [0.4, 0.5) is 5.69 Å². The van der Waals surface area contributed by atoms with Crippen LogP contribution in [-0.2, 0) is 16.6 Å². The molecule has 6 nitrogen and oxygen atoms in total. The van der Waals surface area contributed by atoms with Gasteiger partial charge in [0.05, 0.1) is 16.1 Å². The Morgan fingerprint density at radius 2 is 1.96 bits per heavy atom. The van der Waals surface area contributed by atoms with Crippen LogP contribution in [0.5, 0.6) is 0 Å². The zero-order chi connectivity index (χ0) is 18.4. The molecule has 0 unspecified atom stereocenters.